The number of rotatable bonds is 1. The van der Waals surface area contributed by atoms with Gasteiger partial charge in [0, 0.05) is 11.1 Å². The van der Waals surface area contributed by atoms with E-state index in [2.05, 4.69) is 12.1 Å². The van der Waals surface area contributed by atoms with Crippen LogP contribution in [-0.4, -0.2) is 6.04 Å². The second kappa shape index (κ2) is 5.01. The zero-order chi connectivity index (χ0) is 9.26. The molecule has 0 radical (unpaired) electrons. The van der Waals surface area contributed by atoms with Crippen LogP contribution in [0.25, 0.3) is 0 Å². The van der Waals surface area contributed by atoms with E-state index < -0.39 is 0 Å². The Labute approximate surface area is 96.0 Å². The Kier molecular flexibility index (Phi) is 4.24. The van der Waals surface area contributed by atoms with Crippen molar-refractivity contribution in [1.82, 2.24) is 0 Å². The van der Waals surface area contributed by atoms with Crippen LogP contribution >= 0.6 is 24.0 Å². The Morgan fingerprint density at radius 2 is 1.79 bits per heavy atom. The van der Waals surface area contributed by atoms with Crippen LogP contribution in [0.15, 0.2) is 24.3 Å². The minimum Gasteiger partial charge on any atom is -0.327 e. The van der Waals surface area contributed by atoms with Crippen LogP contribution in [0.4, 0.5) is 0 Å². The summed E-state index contributed by atoms with van der Waals surface area (Å²) in [6.45, 7) is 0. The van der Waals surface area contributed by atoms with Crippen molar-refractivity contribution in [3.63, 3.8) is 0 Å². The van der Waals surface area contributed by atoms with Gasteiger partial charge in [-0.05, 0) is 36.5 Å². The summed E-state index contributed by atoms with van der Waals surface area (Å²) in [5, 5.41) is 0.801. The molecule has 1 aliphatic carbocycles. The lowest BCUT2D eigenvalue weighted by atomic mass is 9.95. The monoisotopic (exact) mass is 231 g/mol. The van der Waals surface area contributed by atoms with Gasteiger partial charge in [-0.25, -0.2) is 0 Å². The van der Waals surface area contributed by atoms with E-state index >= 15 is 0 Å². The maximum absolute atomic E-state index is 6.02. The predicted molar refractivity (Wildman–Crippen MR) is 63.3 cm³/mol. The summed E-state index contributed by atoms with van der Waals surface area (Å²) < 4.78 is 0. The standard InChI is InChI=1S/C11H14ClN.ClH/c12-9-6-4-8(5-7-9)10-2-1-3-11(10)13;/h4-7,10-11H,1-3,13H2;1H. The number of hydrogen-bond acceptors (Lipinski definition) is 1. The molecular weight excluding hydrogens is 217 g/mol. The zero-order valence-electron chi connectivity index (χ0n) is 7.95. The molecule has 2 rings (SSSR count). The maximum atomic E-state index is 6.02. The van der Waals surface area contributed by atoms with Gasteiger partial charge < -0.3 is 5.73 Å². The van der Waals surface area contributed by atoms with Crippen molar-refractivity contribution in [3.8, 4) is 0 Å². The van der Waals surface area contributed by atoms with Crippen molar-refractivity contribution < 1.29 is 0 Å². The van der Waals surface area contributed by atoms with Crippen molar-refractivity contribution in [3.05, 3.63) is 34.9 Å². The Morgan fingerprint density at radius 3 is 2.29 bits per heavy atom. The lowest BCUT2D eigenvalue weighted by Gasteiger charge is -2.15. The maximum Gasteiger partial charge on any atom is 0.0406 e. The molecule has 1 nitrogen and oxygen atoms in total. The van der Waals surface area contributed by atoms with Crippen molar-refractivity contribution in [2.45, 2.75) is 31.2 Å². The van der Waals surface area contributed by atoms with Gasteiger partial charge in [0.2, 0.25) is 0 Å². The topological polar surface area (TPSA) is 26.0 Å². The second-order valence-corrected chi connectivity index (χ2v) is 4.19. The molecule has 2 unspecified atom stereocenters. The fourth-order valence-corrected chi connectivity index (χ4v) is 2.24. The molecule has 0 aliphatic heterocycles. The fourth-order valence-electron chi connectivity index (χ4n) is 2.11. The molecule has 0 amide bonds. The molecule has 78 valence electrons. The van der Waals surface area contributed by atoms with Gasteiger partial charge in [0.25, 0.3) is 0 Å². The van der Waals surface area contributed by atoms with Gasteiger partial charge in [-0.2, -0.15) is 0 Å². The largest absolute Gasteiger partial charge is 0.327 e. The average Bonchev–Trinajstić information content (AvgIpc) is 2.53. The van der Waals surface area contributed by atoms with Gasteiger partial charge in [-0.1, -0.05) is 30.2 Å². The van der Waals surface area contributed by atoms with Crippen molar-refractivity contribution >= 4 is 24.0 Å². The highest BCUT2D eigenvalue weighted by Crippen LogP contribution is 2.33. The van der Waals surface area contributed by atoms with Crippen LogP contribution in [0.1, 0.15) is 30.7 Å². The normalized spacial score (nSPS) is 25.9. The molecule has 0 spiro atoms. The van der Waals surface area contributed by atoms with E-state index in [1.807, 2.05) is 12.1 Å². The third kappa shape index (κ3) is 2.41. The van der Waals surface area contributed by atoms with Crippen LogP contribution < -0.4 is 5.73 Å². The summed E-state index contributed by atoms with van der Waals surface area (Å²) in [6, 6.07) is 8.43. The predicted octanol–water partition coefficient (Wildman–Crippen LogP) is 3.36. The first-order valence-electron chi connectivity index (χ1n) is 4.78. The van der Waals surface area contributed by atoms with E-state index in [0.29, 0.717) is 12.0 Å². The van der Waals surface area contributed by atoms with Crippen molar-refractivity contribution in [2.75, 3.05) is 0 Å². The highest BCUT2D eigenvalue weighted by Gasteiger charge is 2.24. The van der Waals surface area contributed by atoms with Crippen LogP contribution in [0.5, 0.6) is 0 Å². The number of hydrogen-bond donors (Lipinski definition) is 1. The van der Waals surface area contributed by atoms with E-state index in [9.17, 15) is 0 Å². The third-order valence-corrected chi connectivity index (χ3v) is 3.12. The van der Waals surface area contributed by atoms with Gasteiger partial charge in [0.05, 0.1) is 0 Å². The summed E-state index contributed by atoms with van der Waals surface area (Å²) >= 11 is 5.82. The summed E-state index contributed by atoms with van der Waals surface area (Å²) in [5.74, 6) is 0.553. The lowest BCUT2D eigenvalue weighted by Crippen LogP contribution is -2.22. The molecular formula is C11H15Cl2N. The van der Waals surface area contributed by atoms with Crippen LogP contribution in [-0.2, 0) is 0 Å². The third-order valence-electron chi connectivity index (χ3n) is 2.87. The molecule has 1 fully saturated rings. The second-order valence-electron chi connectivity index (χ2n) is 3.75. The highest BCUT2D eigenvalue weighted by atomic mass is 35.5. The highest BCUT2D eigenvalue weighted by molar-refractivity contribution is 6.30. The molecule has 1 aromatic carbocycles. The van der Waals surface area contributed by atoms with Crippen molar-refractivity contribution in [2.24, 2.45) is 5.73 Å². The molecule has 2 atom stereocenters. The Hall–Kier alpha value is -0.240. The minimum absolute atomic E-state index is 0. The Bertz CT molecular complexity index is 284. The summed E-state index contributed by atoms with van der Waals surface area (Å²) in [4.78, 5) is 0. The molecule has 0 heterocycles. The van der Waals surface area contributed by atoms with Crippen LogP contribution in [0.2, 0.25) is 5.02 Å². The van der Waals surface area contributed by atoms with Gasteiger partial charge in [-0.15, -0.1) is 12.4 Å². The molecule has 14 heavy (non-hydrogen) atoms. The molecule has 1 aliphatic rings. The smallest absolute Gasteiger partial charge is 0.0406 e. The number of benzene rings is 1. The molecule has 2 N–H and O–H groups in total. The Balaban J connectivity index is 0.000000980. The molecule has 3 heteroatoms. The van der Waals surface area contributed by atoms with E-state index in [1.165, 1.54) is 18.4 Å². The van der Waals surface area contributed by atoms with E-state index in [0.717, 1.165) is 11.4 Å². The molecule has 1 saturated carbocycles. The Morgan fingerprint density at radius 1 is 1.14 bits per heavy atom. The SMILES string of the molecule is Cl.NC1CCCC1c1ccc(Cl)cc1. The van der Waals surface area contributed by atoms with E-state index in [-0.39, 0.29) is 12.4 Å². The first kappa shape index (κ1) is 11.8. The lowest BCUT2D eigenvalue weighted by molar-refractivity contribution is 0.613. The number of halogens is 2. The summed E-state index contributed by atoms with van der Waals surface area (Å²) in [6.07, 6.45) is 3.64. The summed E-state index contributed by atoms with van der Waals surface area (Å²) in [5.41, 5.74) is 7.36. The molecule has 0 saturated heterocycles. The zero-order valence-corrected chi connectivity index (χ0v) is 9.52. The van der Waals surface area contributed by atoms with Gasteiger partial charge >= 0.3 is 0 Å². The molecule has 0 aromatic heterocycles. The van der Waals surface area contributed by atoms with Gasteiger partial charge in [0.1, 0.15) is 0 Å². The van der Waals surface area contributed by atoms with Crippen LogP contribution in [0.3, 0.4) is 0 Å². The van der Waals surface area contributed by atoms with Crippen molar-refractivity contribution in [1.29, 1.82) is 0 Å². The van der Waals surface area contributed by atoms with Gasteiger partial charge in [0.15, 0.2) is 0 Å². The first-order valence-corrected chi connectivity index (χ1v) is 5.16. The first-order chi connectivity index (χ1) is 6.27. The quantitative estimate of drug-likeness (QED) is 0.789. The number of nitrogens with two attached hydrogens (primary N) is 1. The van der Waals surface area contributed by atoms with E-state index in [1.54, 1.807) is 0 Å². The molecule has 1 aromatic rings. The van der Waals surface area contributed by atoms with E-state index in [4.69, 9.17) is 17.3 Å². The van der Waals surface area contributed by atoms with Crippen LogP contribution in [0, 0.1) is 0 Å². The average molecular weight is 232 g/mol. The van der Waals surface area contributed by atoms with Gasteiger partial charge in [-0.3, -0.25) is 0 Å². The summed E-state index contributed by atoms with van der Waals surface area (Å²) in [7, 11) is 0. The fraction of sp³-hybridized carbons (Fsp3) is 0.455. The minimum atomic E-state index is 0. The molecule has 0 bridgehead atoms.